The van der Waals surface area contributed by atoms with E-state index in [1.54, 1.807) is 0 Å². The van der Waals surface area contributed by atoms with Crippen LogP contribution in [0.15, 0.2) is 0 Å². The minimum atomic E-state index is -3.44. The summed E-state index contributed by atoms with van der Waals surface area (Å²) in [6.07, 6.45) is 0.195. The van der Waals surface area contributed by atoms with Crippen LogP contribution in [-0.4, -0.2) is 38.7 Å². The molecule has 0 spiro atoms. The molecule has 2 rings (SSSR count). The molecule has 8 heteroatoms. The summed E-state index contributed by atoms with van der Waals surface area (Å²) in [4.78, 5) is 0. The summed E-state index contributed by atoms with van der Waals surface area (Å²) in [5.74, 6) is -2.71. The first-order chi connectivity index (χ1) is 7.39. The van der Waals surface area contributed by atoms with E-state index in [0.717, 1.165) is 0 Å². The smallest absolute Gasteiger partial charge is 0.249 e. The van der Waals surface area contributed by atoms with Gasteiger partial charge in [0.05, 0.1) is 5.25 Å². The van der Waals surface area contributed by atoms with Gasteiger partial charge in [0.2, 0.25) is 15.9 Å². The first-order valence-corrected chi connectivity index (χ1v) is 7.03. The predicted molar refractivity (Wildman–Crippen MR) is 63.2 cm³/mol. The van der Waals surface area contributed by atoms with Crippen molar-refractivity contribution >= 4 is 22.4 Å². The summed E-state index contributed by atoms with van der Waals surface area (Å²) >= 11 is 0. The summed E-state index contributed by atoms with van der Waals surface area (Å²) in [7, 11) is -3.44. The average Bonchev–Trinajstić information content (AvgIpc) is 2.74. The van der Waals surface area contributed by atoms with Crippen LogP contribution in [0, 0.1) is 0 Å². The molecule has 2 unspecified atom stereocenters. The highest BCUT2D eigenvalue weighted by Gasteiger charge is 2.42. The Hall–Kier alpha value is 0.0200. The molecule has 0 amide bonds. The van der Waals surface area contributed by atoms with E-state index in [-0.39, 0.29) is 31.7 Å². The van der Waals surface area contributed by atoms with Crippen LogP contribution < -0.4 is 10.0 Å². The van der Waals surface area contributed by atoms with Crippen LogP contribution in [0.3, 0.4) is 0 Å². The highest BCUT2D eigenvalue weighted by atomic mass is 35.5. The highest BCUT2D eigenvalue weighted by molar-refractivity contribution is 7.90. The molecule has 102 valence electrons. The topological polar surface area (TPSA) is 58.2 Å². The molecule has 2 aliphatic rings. The van der Waals surface area contributed by atoms with Crippen molar-refractivity contribution in [3.63, 3.8) is 0 Å². The zero-order chi connectivity index (χ0) is 11.8. The van der Waals surface area contributed by atoms with E-state index in [0.29, 0.717) is 19.5 Å². The summed E-state index contributed by atoms with van der Waals surface area (Å²) in [6, 6.07) is -0.597. The monoisotopic (exact) mass is 290 g/mol. The van der Waals surface area contributed by atoms with E-state index in [1.807, 2.05) is 0 Å². The average molecular weight is 291 g/mol. The van der Waals surface area contributed by atoms with Gasteiger partial charge in [-0.2, -0.15) is 0 Å². The Balaban J connectivity index is 0.00000144. The summed E-state index contributed by atoms with van der Waals surface area (Å²) in [6.45, 7) is 1.09. The number of halogens is 3. The van der Waals surface area contributed by atoms with Crippen molar-refractivity contribution in [2.75, 3.05) is 13.1 Å². The summed E-state index contributed by atoms with van der Waals surface area (Å²) in [5.41, 5.74) is 0. The molecule has 1 saturated heterocycles. The van der Waals surface area contributed by atoms with Crippen LogP contribution in [0.5, 0.6) is 0 Å². The van der Waals surface area contributed by atoms with Gasteiger partial charge in [0.1, 0.15) is 0 Å². The Labute approximate surface area is 106 Å². The van der Waals surface area contributed by atoms with Crippen LogP contribution >= 0.6 is 12.4 Å². The lowest BCUT2D eigenvalue weighted by Crippen LogP contribution is -2.41. The Bertz CT molecular complexity index is 358. The van der Waals surface area contributed by atoms with Crippen molar-refractivity contribution in [3.05, 3.63) is 0 Å². The molecule has 1 aliphatic carbocycles. The number of rotatable bonds is 3. The Morgan fingerprint density at radius 1 is 1.29 bits per heavy atom. The lowest BCUT2D eigenvalue weighted by atomic mass is 10.3. The molecule has 1 heterocycles. The Morgan fingerprint density at radius 2 is 2.00 bits per heavy atom. The second kappa shape index (κ2) is 5.34. The second-order valence-corrected chi connectivity index (χ2v) is 6.57. The molecule has 0 radical (unpaired) electrons. The lowest BCUT2D eigenvalue weighted by Gasteiger charge is -2.16. The third-order valence-electron chi connectivity index (χ3n) is 3.19. The van der Waals surface area contributed by atoms with E-state index in [1.165, 1.54) is 0 Å². The molecule has 1 saturated carbocycles. The van der Waals surface area contributed by atoms with E-state index in [9.17, 15) is 17.2 Å². The van der Waals surface area contributed by atoms with Crippen LogP contribution in [-0.2, 0) is 10.0 Å². The molecule has 17 heavy (non-hydrogen) atoms. The minimum Gasteiger partial charge on any atom is -0.315 e. The molecule has 2 fully saturated rings. The van der Waals surface area contributed by atoms with Gasteiger partial charge in [-0.05, 0) is 19.4 Å². The highest BCUT2D eigenvalue weighted by Crippen LogP contribution is 2.35. The van der Waals surface area contributed by atoms with Gasteiger partial charge in [0.25, 0.3) is 0 Å². The maximum absolute atomic E-state index is 12.9. The Morgan fingerprint density at radius 3 is 2.47 bits per heavy atom. The van der Waals surface area contributed by atoms with Crippen LogP contribution in [0.25, 0.3) is 0 Å². The Kier molecular flexibility index (Phi) is 4.73. The minimum absolute atomic E-state index is 0. The first kappa shape index (κ1) is 15.1. The van der Waals surface area contributed by atoms with Gasteiger partial charge < -0.3 is 5.32 Å². The zero-order valence-electron chi connectivity index (χ0n) is 9.29. The van der Waals surface area contributed by atoms with Gasteiger partial charge in [-0.1, -0.05) is 0 Å². The van der Waals surface area contributed by atoms with Crippen molar-refractivity contribution in [1.29, 1.82) is 0 Å². The van der Waals surface area contributed by atoms with Gasteiger partial charge in [-0.3, -0.25) is 0 Å². The fourth-order valence-corrected chi connectivity index (χ4v) is 3.90. The van der Waals surface area contributed by atoms with E-state index in [4.69, 9.17) is 0 Å². The van der Waals surface area contributed by atoms with Crippen LogP contribution in [0.4, 0.5) is 8.78 Å². The van der Waals surface area contributed by atoms with Gasteiger partial charge in [-0.25, -0.2) is 21.9 Å². The maximum atomic E-state index is 12.9. The largest absolute Gasteiger partial charge is 0.315 e. The lowest BCUT2D eigenvalue weighted by molar-refractivity contribution is 0.00760. The van der Waals surface area contributed by atoms with Crippen molar-refractivity contribution in [2.24, 2.45) is 0 Å². The number of nitrogens with one attached hydrogen (secondary N) is 2. The zero-order valence-corrected chi connectivity index (χ0v) is 10.9. The van der Waals surface area contributed by atoms with Crippen molar-refractivity contribution in [1.82, 2.24) is 10.0 Å². The van der Waals surface area contributed by atoms with Crippen LogP contribution in [0.2, 0.25) is 0 Å². The number of alkyl halides is 2. The molecule has 0 bridgehead atoms. The van der Waals surface area contributed by atoms with Gasteiger partial charge >= 0.3 is 0 Å². The normalized spacial score (nSPS) is 32.4. The molecule has 0 aromatic rings. The third-order valence-corrected chi connectivity index (χ3v) is 5.13. The van der Waals surface area contributed by atoms with Gasteiger partial charge in [0, 0.05) is 25.4 Å². The fourth-order valence-electron chi connectivity index (χ4n) is 2.27. The molecule has 2 N–H and O–H groups in total. The van der Waals surface area contributed by atoms with E-state index >= 15 is 0 Å². The van der Waals surface area contributed by atoms with Crippen LogP contribution in [0.1, 0.15) is 25.7 Å². The van der Waals surface area contributed by atoms with Gasteiger partial charge in [-0.15, -0.1) is 12.4 Å². The van der Waals surface area contributed by atoms with Crippen molar-refractivity contribution in [2.45, 2.75) is 42.9 Å². The van der Waals surface area contributed by atoms with Gasteiger partial charge in [0.15, 0.2) is 0 Å². The molecule has 4 nitrogen and oxygen atoms in total. The molecular formula is C9H17ClF2N2O2S. The molecule has 2 atom stereocenters. The molecular weight excluding hydrogens is 274 g/mol. The van der Waals surface area contributed by atoms with Crippen molar-refractivity contribution < 1.29 is 17.2 Å². The third kappa shape index (κ3) is 3.74. The fraction of sp³-hybridized carbons (Fsp3) is 1.00. The predicted octanol–water partition coefficient (Wildman–Crippen LogP) is 0.877. The maximum Gasteiger partial charge on any atom is 0.249 e. The number of sulfonamides is 1. The molecule has 0 aromatic carbocycles. The SMILES string of the molecule is Cl.O=S(=O)(NC1CCC(F)(F)C1)C1CCNC1. The quantitative estimate of drug-likeness (QED) is 0.811. The van der Waals surface area contributed by atoms with E-state index < -0.39 is 27.2 Å². The molecule has 0 aromatic heterocycles. The van der Waals surface area contributed by atoms with E-state index in [2.05, 4.69) is 10.0 Å². The summed E-state index contributed by atoms with van der Waals surface area (Å²) in [5, 5.41) is 2.48. The molecule has 1 aliphatic heterocycles. The number of hydrogen-bond donors (Lipinski definition) is 2. The van der Waals surface area contributed by atoms with Crippen molar-refractivity contribution in [3.8, 4) is 0 Å². The first-order valence-electron chi connectivity index (χ1n) is 5.49. The summed E-state index contributed by atoms with van der Waals surface area (Å²) < 4.78 is 51.8. The number of hydrogen-bond acceptors (Lipinski definition) is 3. The second-order valence-electron chi connectivity index (χ2n) is 4.57. The standard InChI is InChI=1S/C9H16F2N2O2S.ClH/c10-9(11)3-1-7(5-9)13-16(14,15)8-2-4-12-6-8;/h7-8,12-13H,1-6H2;1H.